The Bertz CT molecular complexity index is 479. The lowest BCUT2D eigenvalue weighted by Gasteiger charge is -2.05. The van der Waals surface area contributed by atoms with Crippen LogP contribution in [-0.4, -0.2) is 33.2 Å². The van der Waals surface area contributed by atoms with Gasteiger partial charge in [-0.2, -0.15) is 0 Å². The number of aromatic nitrogens is 1. The van der Waals surface area contributed by atoms with Gasteiger partial charge in [0.25, 0.3) is 0 Å². The molecule has 6 nitrogen and oxygen atoms in total. The molecular weight excluding hydrogens is 254 g/mol. The third-order valence-corrected chi connectivity index (χ3v) is 4.28. The minimum atomic E-state index is -3.45. The van der Waals surface area contributed by atoms with Crippen molar-refractivity contribution in [2.75, 3.05) is 19.8 Å². The number of nitrogens with two attached hydrogens (primary N) is 1. The summed E-state index contributed by atoms with van der Waals surface area (Å²) in [6.07, 6.45) is 3.91. The summed E-state index contributed by atoms with van der Waals surface area (Å²) in [6.45, 7) is 1.73. The van der Waals surface area contributed by atoms with Crippen LogP contribution in [0.25, 0.3) is 0 Å². The number of ether oxygens (including phenoxy) is 1. The van der Waals surface area contributed by atoms with Gasteiger partial charge in [-0.05, 0) is 24.8 Å². The molecule has 0 radical (unpaired) electrons. The summed E-state index contributed by atoms with van der Waals surface area (Å²) in [6, 6.07) is 1.54. The lowest BCUT2D eigenvalue weighted by atomic mass is 10.4. The van der Waals surface area contributed by atoms with Crippen LogP contribution in [0, 0.1) is 5.92 Å². The van der Waals surface area contributed by atoms with E-state index in [0.29, 0.717) is 24.8 Å². The van der Waals surface area contributed by atoms with E-state index < -0.39 is 10.0 Å². The summed E-state index contributed by atoms with van der Waals surface area (Å²) in [5.41, 5.74) is 6.11. The predicted octanol–water partition coefficient (Wildman–Crippen LogP) is 0.178. The minimum Gasteiger partial charge on any atom is -0.380 e. The SMILES string of the molecule is NCc1cc(S(=O)(=O)NCCOCC2CC2)c[nH]1. The fraction of sp³-hybridized carbons (Fsp3) is 0.636. The molecule has 1 aromatic heterocycles. The van der Waals surface area contributed by atoms with Crippen LogP contribution in [0.2, 0.25) is 0 Å². The Morgan fingerprint density at radius 3 is 2.89 bits per heavy atom. The fourth-order valence-electron chi connectivity index (χ4n) is 1.56. The number of rotatable bonds is 8. The largest absolute Gasteiger partial charge is 0.380 e. The first kappa shape index (κ1) is 13.5. The standard InChI is InChI=1S/C11H19N3O3S/c12-6-10-5-11(7-13-10)18(15,16)14-3-4-17-8-9-1-2-9/h5,7,9,13-14H,1-4,6,8,12H2. The molecule has 1 aliphatic carbocycles. The van der Waals surface area contributed by atoms with Crippen LogP contribution in [0.15, 0.2) is 17.2 Å². The van der Waals surface area contributed by atoms with Gasteiger partial charge in [0.05, 0.1) is 11.5 Å². The van der Waals surface area contributed by atoms with E-state index in [1.54, 1.807) is 0 Å². The fourth-order valence-corrected chi connectivity index (χ4v) is 2.59. The first-order valence-electron chi connectivity index (χ1n) is 6.06. The molecule has 1 aromatic rings. The maximum Gasteiger partial charge on any atom is 0.242 e. The van der Waals surface area contributed by atoms with Gasteiger partial charge < -0.3 is 15.5 Å². The summed E-state index contributed by atoms with van der Waals surface area (Å²) in [4.78, 5) is 3.02. The highest BCUT2D eigenvalue weighted by Gasteiger charge is 2.21. The summed E-state index contributed by atoms with van der Waals surface area (Å²) >= 11 is 0. The Balaban J connectivity index is 1.75. The molecule has 0 saturated heterocycles. The van der Waals surface area contributed by atoms with Crippen LogP contribution < -0.4 is 10.5 Å². The van der Waals surface area contributed by atoms with Crippen molar-refractivity contribution < 1.29 is 13.2 Å². The van der Waals surface area contributed by atoms with E-state index in [9.17, 15) is 8.42 Å². The van der Waals surface area contributed by atoms with Gasteiger partial charge in [-0.15, -0.1) is 0 Å². The molecule has 0 aromatic carbocycles. The number of aromatic amines is 1. The van der Waals surface area contributed by atoms with Crippen molar-refractivity contribution in [2.45, 2.75) is 24.3 Å². The number of hydrogen-bond donors (Lipinski definition) is 3. The van der Waals surface area contributed by atoms with Gasteiger partial charge >= 0.3 is 0 Å². The van der Waals surface area contributed by atoms with Crippen LogP contribution in [0.4, 0.5) is 0 Å². The number of nitrogens with one attached hydrogen (secondary N) is 2. The molecule has 2 rings (SSSR count). The Labute approximate surface area is 107 Å². The molecule has 1 heterocycles. The van der Waals surface area contributed by atoms with Gasteiger partial charge in [-0.1, -0.05) is 0 Å². The molecule has 0 amide bonds. The van der Waals surface area contributed by atoms with Crippen LogP contribution in [0.1, 0.15) is 18.5 Å². The minimum absolute atomic E-state index is 0.213. The van der Waals surface area contributed by atoms with E-state index in [4.69, 9.17) is 10.5 Å². The highest BCUT2D eigenvalue weighted by Crippen LogP contribution is 2.28. The summed E-state index contributed by atoms with van der Waals surface area (Å²) in [5.74, 6) is 0.693. The summed E-state index contributed by atoms with van der Waals surface area (Å²) in [7, 11) is -3.45. The van der Waals surface area contributed by atoms with E-state index in [0.717, 1.165) is 6.61 Å². The average molecular weight is 273 g/mol. The number of sulfonamides is 1. The monoisotopic (exact) mass is 273 g/mol. The third kappa shape index (κ3) is 3.81. The lowest BCUT2D eigenvalue weighted by molar-refractivity contribution is 0.129. The second-order valence-electron chi connectivity index (χ2n) is 4.48. The van der Waals surface area contributed by atoms with Gasteiger partial charge in [0.15, 0.2) is 0 Å². The zero-order valence-electron chi connectivity index (χ0n) is 10.2. The molecule has 1 fully saturated rings. The molecule has 1 aliphatic rings. The third-order valence-electron chi connectivity index (χ3n) is 2.84. The van der Waals surface area contributed by atoms with Gasteiger partial charge in [-0.3, -0.25) is 0 Å². The Morgan fingerprint density at radius 1 is 1.50 bits per heavy atom. The second kappa shape index (κ2) is 5.83. The van der Waals surface area contributed by atoms with Crippen LogP contribution >= 0.6 is 0 Å². The van der Waals surface area contributed by atoms with E-state index in [1.165, 1.54) is 25.1 Å². The van der Waals surface area contributed by atoms with Gasteiger partial charge in [-0.25, -0.2) is 13.1 Å². The predicted molar refractivity (Wildman–Crippen MR) is 67.4 cm³/mol. The van der Waals surface area contributed by atoms with Crippen molar-refractivity contribution in [3.8, 4) is 0 Å². The van der Waals surface area contributed by atoms with E-state index in [-0.39, 0.29) is 11.4 Å². The highest BCUT2D eigenvalue weighted by atomic mass is 32.2. The second-order valence-corrected chi connectivity index (χ2v) is 6.25. The Morgan fingerprint density at radius 2 is 2.28 bits per heavy atom. The summed E-state index contributed by atoms with van der Waals surface area (Å²) < 4.78 is 31.5. The molecule has 1 saturated carbocycles. The molecule has 7 heteroatoms. The summed E-state index contributed by atoms with van der Waals surface area (Å²) in [5, 5.41) is 0. The molecule has 0 spiro atoms. The molecule has 0 aliphatic heterocycles. The normalized spacial score (nSPS) is 16.1. The van der Waals surface area contributed by atoms with Gasteiger partial charge in [0, 0.05) is 31.6 Å². The van der Waals surface area contributed by atoms with E-state index >= 15 is 0 Å². The van der Waals surface area contributed by atoms with Crippen molar-refractivity contribution >= 4 is 10.0 Å². The van der Waals surface area contributed by atoms with Crippen molar-refractivity contribution in [1.29, 1.82) is 0 Å². The zero-order valence-corrected chi connectivity index (χ0v) is 11.0. The topological polar surface area (TPSA) is 97.2 Å². The van der Waals surface area contributed by atoms with Gasteiger partial charge in [0.1, 0.15) is 0 Å². The smallest absolute Gasteiger partial charge is 0.242 e. The Kier molecular flexibility index (Phi) is 4.39. The van der Waals surface area contributed by atoms with Crippen LogP contribution in [0.5, 0.6) is 0 Å². The number of H-pyrrole nitrogens is 1. The molecule has 0 bridgehead atoms. The highest BCUT2D eigenvalue weighted by molar-refractivity contribution is 7.89. The number of hydrogen-bond acceptors (Lipinski definition) is 4. The maximum atomic E-state index is 11.8. The molecule has 102 valence electrons. The van der Waals surface area contributed by atoms with E-state index in [2.05, 4.69) is 9.71 Å². The lowest BCUT2D eigenvalue weighted by Crippen LogP contribution is -2.27. The first-order chi connectivity index (χ1) is 8.62. The molecular formula is C11H19N3O3S. The van der Waals surface area contributed by atoms with E-state index in [1.807, 2.05) is 0 Å². The molecule has 4 N–H and O–H groups in total. The van der Waals surface area contributed by atoms with Crippen molar-refractivity contribution in [2.24, 2.45) is 11.7 Å². The zero-order chi connectivity index (χ0) is 13.0. The van der Waals surface area contributed by atoms with Gasteiger partial charge in [0.2, 0.25) is 10.0 Å². The Hall–Kier alpha value is -0.890. The van der Waals surface area contributed by atoms with Crippen LogP contribution in [-0.2, 0) is 21.3 Å². The molecule has 18 heavy (non-hydrogen) atoms. The molecule has 0 atom stereocenters. The van der Waals surface area contributed by atoms with Crippen molar-refractivity contribution in [3.05, 3.63) is 18.0 Å². The van der Waals surface area contributed by atoms with Crippen molar-refractivity contribution in [3.63, 3.8) is 0 Å². The quantitative estimate of drug-likeness (QED) is 0.588. The maximum absolute atomic E-state index is 11.8. The average Bonchev–Trinajstić information content (AvgIpc) is 3.03. The first-order valence-corrected chi connectivity index (χ1v) is 7.55. The van der Waals surface area contributed by atoms with Crippen molar-refractivity contribution in [1.82, 2.24) is 9.71 Å². The molecule has 0 unspecified atom stereocenters. The van der Waals surface area contributed by atoms with Crippen LogP contribution in [0.3, 0.4) is 0 Å².